The molecule has 106 valence electrons. The SMILES string of the molecule is O=[N+]([O-])c1ncn(Cc2ccn(-c3ccc(Cl)cc3)n2)n1. The van der Waals surface area contributed by atoms with E-state index in [0.717, 1.165) is 5.69 Å². The van der Waals surface area contributed by atoms with Crippen LogP contribution < -0.4 is 0 Å². The van der Waals surface area contributed by atoms with Crippen molar-refractivity contribution in [3.05, 3.63) is 63.7 Å². The molecule has 0 amide bonds. The summed E-state index contributed by atoms with van der Waals surface area (Å²) in [5.74, 6) is -0.424. The standard InChI is InChI=1S/C12H9ClN6O2/c13-9-1-3-11(4-2-9)18-6-5-10(15-18)7-17-8-14-12(16-17)19(20)21/h1-6,8H,7H2. The van der Waals surface area contributed by atoms with Gasteiger partial charge >= 0.3 is 5.95 Å². The van der Waals surface area contributed by atoms with Crippen molar-refractivity contribution in [2.75, 3.05) is 0 Å². The summed E-state index contributed by atoms with van der Waals surface area (Å²) in [4.78, 5) is 13.5. The molecule has 21 heavy (non-hydrogen) atoms. The van der Waals surface area contributed by atoms with Gasteiger partial charge in [-0.25, -0.2) is 4.68 Å². The van der Waals surface area contributed by atoms with Crippen molar-refractivity contribution in [1.29, 1.82) is 0 Å². The van der Waals surface area contributed by atoms with Crippen LogP contribution in [0.25, 0.3) is 5.69 Å². The Labute approximate surface area is 123 Å². The van der Waals surface area contributed by atoms with Crippen LogP contribution in [0.5, 0.6) is 0 Å². The average Bonchev–Trinajstić information content (AvgIpc) is 3.10. The number of benzene rings is 1. The van der Waals surface area contributed by atoms with Crippen LogP contribution in [0, 0.1) is 10.1 Å². The monoisotopic (exact) mass is 304 g/mol. The maximum atomic E-state index is 10.5. The molecule has 9 heteroatoms. The van der Waals surface area contributed by atoms with E-state index in [1.54, 1.807) is 23.0 Å². The van der Waals surface area contributed by atoms with Crippen molar-refractivity contribution in [3.63, 3.8) is 0 Å². The van der Waals surface area contributed by atoms with Crippen LogP contribution >= 0.6 is 11.6 Å². The largest absolute Gasteiger partial charge is 0.490 e. The van der Waals surface area contributed by atoms with Gasteiger partial charge in [0, 0.05) is 16.3 Å². The molecule has 3 rings (SSSR count). The summed E-state index contributed by atoms with van der Waals surface area (Å²) in [6.07, 6.45) is 3.10. The predicted molar refractivity (Wildman–Crippen MR) is 74.4 cm³/mol. The van der Waals surface area contributed by atoms with Gasteiger partial charge < -0.3 is 10.1 Å². The van der Waals surface area contributed by atoms with Crippen LogP contribution in [0.3, 0.4) is 0 Å². The molecule has 0 aliphatic rings. The molecule has 0 fully saturated rings. The van der Waals surface area contributed by atoms with Crippen LogP contribution in [0.1, 0.15) is 5.69 Å². The second-order valence-electron chi connectivity index (χ2n) is 4.23. The first-order valence-electron chi connectivity index (χ1n) is 5.96. The van der Waals surface area contributed by atoms with E-state index in [9.17, 15) is 10.1 Å². The Morgan fingerprint density at radius 1 is 1.19 bits per heavy atom. The Morgan fingerprint density at radius 3 is 2.62 bits per heavy atom. The molecule has 8 nitrogen and oxygen atoms in total. The zero-order valence-corrected chi connectivity index (χ0v) is 11.4. The van der Waals surface area contributed by atoms with Crippen molar-refractivity contribution in [3.8, 4) is 5.69 Å². The quantitative estimate of drug-likeness (QED) is 0.543. The number of hydrogen-bond acceptors (Lipinski definition) is 5. The molecule has 2 heterocycles. The molecule has 0 aliphatic heterocycles. The molecule has 0 aliphatic carbocycles. The summed E-state index contributed by atoms with van der Waals surface area (Å²) in [7, 11) is 0. The third-order valence-electron chi connectivity index (χ3n) is 2.75. The van der Waals surface area contributed by atoms with Crippen LogP contribution in [0.4, 0.5) is 5.95 Å². The second-order valence-corrected chi connectivity index (χ2v) is 4.66. The highest BCUT2D eigenvalue weighted by Gasteiger charge is 2.14. The minimum absolute atomic E-state index is 0.307. The molecule has 0 atom stereocenters. The molecule has 1 aromatic carbocycles. The Balaban J connectivity index is 1.78. The highest BCUT2D eigenvalue weighted by Crippen LogP contribution is 2.13. The Kier molecular flexibility index (Phi) is 3.36. The molecule has 0 N–H and O–H groups in total. The molecule has 0 saturated carbocycles. The first kappa shape index (κ1) is 13.3. The minimum Gasteiger partial charge on any atom is -0.390 e. The third-order valence-corrected chi connectivity index (χ3v) is 3.00. The van der Waals surface area contributed by atoms with Crippen LogP contribution in [0.2, 0.25) is 5.02 Å². The summed E-state index contributed by atoms with van der Waals surface area (Å²) >= 11 is 5.84. The summed E-state index contributed by atoms with van der Waals surface area (Å²) < 4.78 is 3.06. The van der Waals surface area contributed by atoms with E-state index in [2.05, 4.69) is 15.2 Å². The summed E-state index contributed by atoms with van der Waals surface area (Å²) in [5.41, 5.74) is 1.58. The first-order valence-corrected chi connectivity index (χ1v) is 6.34. The smallest absolute Gasteiger partial charge is 0.390 e. The molecule has 0 unspecified atom stereocenters. The normalized spacial score (nSPS) is 10.7. The van der Waals surface area contributed by atoms with Gasteiger partial charge in [-0.3, -0.25) is 0 Å². The maximum Gasteiger partial charge on any atom is 0.490 e. The fraction of sp³-hybridized carbons (Fsp3) is 0.0833. The molecule has 0 bridgehead atoms. The van der Waals surface area contributed by atoms with E-state index in [1.165, 1.54) is 11.0 Å². The number of hydrogen-bond donors (Lipinski definition) is 0. The predicted octanol–water partition coefficient (Wildman–Crippen LogP) is 2.07. The van der Waals surface area contributed by atoms with E-state index in [1.807, 2.05) is 18.2 Å². The van der Waals surface area contributed by atoms with Gasteiger partial charge in [-0.2, -0.15) is 9.78 Å². The van der Waals surface area contributed by atoms with Crippen LogP contribution in [0.15, 0.2) is 42.9 Å². The first-order chi connectivity index (χ1) is 10.1. The zero-order valence-electron chi connectivity index (χ0n) is 10.6. The molecular formula is C12H9ClN6O2. The topological polar surface area (TPSA) is 91.7 Å². The molecule has 0 saturated heterocycles. The second kappa shape index (κ2) is 5.33. The van der Waals surface area contributed by atoms with Crippen molar-refractivity contribution in [2.24, 2.45) is 0 Å². The molecular weight excluding hydrogens is 296 g/mol. The number of aromatic nitrogens is 5. The average molecular weight is 305 g/mol. The van der Waals surface area contributed by atoms with Gasteiger partial charge in [-0.1, -0.05) is 16.6 Å². The lowest BCUT2D eigenvalue weighted by Crippen LogP contribution is -2.03. The van der Waals surface area contributed by atoms with E-state index in [4.69, 9.17) is 11.6 Å². The van der Waals surface area contributed by atoms with Gasteiger partial charge in [0.2, 0.25) is 6.33 Å². The van der Waals surface area contributed by atoms with E-state index in [0.29, 0.717) is 17.3 Å². The molecule has 0 radical (unpaired) electrons. The van der Waals surface area contributed by atoms with Crippen LogP contribution in [-0.2, 0) is 6.54 Å². The van der Waals surface area contributed by atoms with Gasteiger partial charge in [0.05, 0.1) is 11.4 Å². The zero-order chi connectivity index (χ0) is 14.8. The highest BCUT2D eigenvalue weighted by molar-refractivity contribution is 6.30. The molecule has 2 aromatic heterocycles. The molecule has 3 aromatic rings. The number of nitrogens with zero attached hydrogens (tertiary/aromatic N) is 6. The van der Waals surface area contributed by atoms with E-state index >= 15 is 0 Å². The fourth-order valence-electron chi connectivity index (χ4n) is 1.79. The maximum absolute atomic E-state index is 10.5. The summed E-state index contributed by atoms with van der Waals surface area (Å²) in [6, 6.07) is 9.05. The van der Waals surface area contributed by atoms with E-state index in [-0.39, 0.29) is 0 Å². The Morgan fingerprint density at radius 2 is 1.95 bits per heavy atom. The lowest BCUT2D eigenvalue weighted by Gasteiger charge is -2.00. The number of halogens is 1. The van der Waals surface area contributed by atoms with Gasteiger partial charge in [0.1, 0.15) is 6.54 Å². The van der Waals surface area contributed by atoms with Gasteiger partial charge in [0.25, 0.3) is 0 Å². The lowest BCUT2D eigenvalue weighted by molar-refractivity contribution is -0.394. The summed E-state index contributed by atoms with van der Waals surface area (Å²) in [5, 5.41) is 19.3. The lowest BCUT2D eigenvalue weighted by atomic mass is 10.3. The van der Waals surface area contributed by atoms with Crippen molar-refractivity contribution < 1.29 is 4.92 Å². The van der Waals surface area contributed by atoms with Crippen molar-refractivity contribution in [2.45, 2.75) is 6.54 Å². The number of nitro groups is 1. The third kappa shape index (κ3) is 2.90. The summed E-state index contributed by atoms with van der Waals surface area (Å²) in [6.45, 7) is 0.307. The van der Waals surface area contributed by atoms with E-state index < -0.39 is 10.9 Å². The fourth-order valence-corrected chi connectivity index (χ4v) is 1.92. The van der Waals surface area contributed by atoms with Crippen molar-refractivity contribution >= 4 is 17.5 Å². The minimum atomic E-state index is -0.636. The van der Waals surface area contributed by atoms with Crippen LogP contribution in [-0.4, -0.2) is 29.5 Å². The number of rotatable bonds is 4. The Bertz CT molecular complexity index is 779. The van der Waals surface area contributed by atoms with Gasteiger partial charge in [-0.05, 0) is 35.3 Å². The molecule has 0 spiro atoms. The highest BCUT2D eigenvalue weighted by atomic mass is 35.5. The Hall–Kier alpha value is -2.74. The van der Waals surface area contributed by atoms with Crippen molar-refractivity contribution in [1.82, 2.24) is 24.5 Å². The van der Waals surface area contributed by atoms with Gasteiger partial charge in [0.15, 0.2) is 0 Å². The van der Waals surface area contributed by atoms with Gasteiger partial charge in [-0.15, -0.1) is 0 Å².